The third kappa shape index (κ3) is 1.83. The predicted molar refractivity (Wildman–Crippen MR) is 72.1 cm³/mol. The summed E-state index contributed by atoms with van der Waals surface area (Å²) in [7, 11) is 0. The van der Waals surface area contributed by atoms with Crippen LogP contribution in [0.1, 0.15) is 5.56 Å². The summed E-state index contributed by atoms with van der Waals surface area (Å²) in [5, 5.41) is 9.30. The summed E-state index contributed by atoms with van der Waals surface area (Å²) >= 11 is 1.25. The van der Waals surface area contributed by atoms with Crippen molar-refractivity contribution in [2.45, 2.75) is 0 Å². The zero-order chi connectivity index (χ0) is 13.4. The molecule has 19 heavy (non-hydrogen) atoms. The van der Waals surface area contributed by atoms with Crippen molar-refractivity contribution in [2.75, 3.05) is 0 Å². The minimum absolute atomic E-state index is 0.0297. The number of hydrogen-bond donors (Lipinski definition) is 0. The van der Waals surface area contributed by atoms with Gasteiger partial charge in [-0.3, -0.25) is 4.79 Å². The molecule has 3 nitrogen and oxygen atoms in total. The van der Waals surface area contributed by atoms with Gasteiger partial charge in [0.25, 0.3) is 5.56 Å². The third-order valence-electron chi connectivity index (χ3n) is 2.80. The number of fused-ring (bicyclic) bond motifs is 1. The predicted octanol–water partition coefficient (Wildman–Crippen LogP) is 3.06. The highest BCUT2D eigenvalue weighted by atomic mass is 32.1. The van der Waals surface area contributed by atoms with E-state index in [2.05, 4.69) is 0 Å². The summed E-state index contributed by atoms with van der Waals surface area (Å²) in [5.74, 6) is -0.621. The molecule has 0 saturated carbocycles. The molecule has 0 spiro atoms. The lowest BCUT2D eigenvalue weighted by molar-refractivity contribution is 0.623. The Bertz CT molecular complexity index is 873. The van der Waals surface area contributed by atoms with Gasteiger partial charge in [0, 0.05) is 6.07 Å². The Morgan fingerprint density at radius 3 is 2.68 bits per heavy atom. The van der Waals surface area contributed by atoms with E-state index in [0.29, 0.717) is 11.1 Å². The second-order valence-corrected chi connectivity index (χ2v) is 4.95. The summed E-state index contributed by atoms with van der Waals surface area (Å²) in [6.07, 6.45) is 0. The molecule has 0 atom stereocenters. The van der Waals surface area contributed by atoms with E-state index in [-0.39, 0.29) is 11.1 Å². The highest BCUT2D eigenvalue weighted by Gasteiger charge is 2.10. The Morgan fingerprint density at radius 2 is 2.00 bits per heavy atom. The molecule has 0 aliphatic carbocycles. The van der Waals surface area contributed by atoms with Gasteiger partial charge in [-0.1, -0.05) is 23.7 Å². The van der Waals surface area contributed by atoms with Crippen molar-refractivity contribution >= 4 is 21.6 Å². The van der Waals surface area contributed by atoms with Gasteiger partial charge >= 0.3 is 0 Å². The van der Waals surface area contributed by atoms with E-state index in [1.54, 1.807) is 24.3 Å². The fourth-order valence-electron chi connectivity index (χ4n) is 1.86. The first kappa shape index (κ1) is 11.6. The van der Waals surface area contributed by atoms with Gasteiger partial charge in [0.05, 0.1) is 21.3 Å². The van der Waals surface area contributed by atoms with E-state index in [1.165, 1.54) is 27.6 Å². The van der Waals surface area contributed by atoms with Gasteiger partial charge in [-0.25, -0.2) is 8.35 Å². The number of benzene rings is 2. The first-order valence-electron chi connectivity index (χ1n) is 5.52. The van der Waals surface area contributed by atoms with Gasteiger partial charge in [-0.15, -0.1) is 0 Å². The van der Waals surface area contributed by atoms with Gasteiger partial charge in [-0.05, 0) is 24.3 Å². The molecular formula is C14H7FN2OS. The molecule has 1 heterocycles. The first-order valence-corrected chi connectivity index (χ1v) is 6.29. The number of aromatic nitrogens is 1. The number of nitriles is 1. The Hall–Kier alpha value is -2.45. The van der Waals surface area contributed by atoms with Crippen LogP contribution in [0.25, 0.3) is 15.8 Å². The van der Waals surface area contributed by atoms with E-state index in [4.69, 9.17) is 5.26 Å². The van der Waals surface area contributed by atoms with Crippen LogP contribution < -0.4 is 5.56 Å². The minimum Gasteiger partial charge on any atom is -0.267 e. The average Bonchev–Trinajstić information content (AvgIpc) is 2.77. The van der Waals surface area contributed by atoms with Crippen LogP contribution in [0.3, 0.4) is 0 Å². The highest BCUT2D eigenvalue weighted by molar-refractivity contribution is 7.14. The van der Waals surface area contributed by atoms with Crippen LogP contribution >= 0.6 is 11.5 Å². The quantitative estimate of drug-likeness (QED) is 0.682. The normalized spacial score (nSPS) is 10.5. The Morgan fingerprint density at radius 1 is 1.21 bits per heavy atom. The molecule has 1 aromatic heterocycles. The first-order chi connectivity index (χ1) is 9.20. The fourth-order valence-corrected chi connectivity index (χ4v) is 2.85. The molecule has 2 aromatic carbocycles. The molecule has 0 amide bonds. The fraction of sp³-hybridized carbons (Fsp3) is 0. The standard InChI is InChI=1S/C14H7FN2OS/c15-12-7-10(6-5-9(12)8-16)17-14(18)11-3-1-2-4-13(11)19-17/h1-7H. The molecule has 0 saturated heterocycles. The summed E-state index contributed by atoms with van der Waals surface area (Å²) in [6, 6.07) is 13.1. The van der Waals surface area contributed by atoms with E-state index in [1.807, 2.05) is 12.1 Å². The van der Waals surface area contributed by atoms with Crippen molar-refractivity contribution in [3.05, 3.63) is 64.2 Å². The van der Waals surface area contributed by atoms with Crippen molar-refractivity contribution in [3.63, 3.8) is 0 Å². The van der Waals surface area contributed by atoms with Crippen molar-refractivity contribution in [2.24, 2.45) is 0 Å². The molecule has 0 aliphatic heterocycles. The van der Waals surface area contributed by atoms with Crippen LogP contribution in [-0.2, 0) is 0 Å². The van der Waals surface area contributed by atoms with Crippen LogP contribution in [-0.4, -0.2) is 3.96 Å². The lowest BCUT2D eigenvalue weighted by Crippen LogP contribution is -2.10. The Kier molecular flexibility index (Phi) is 2.65. The van der Waals surface area contributed by atoms with Crippen molar-refractivity contribution in [3.8, 4) is 11.8 Å². The molecule has 0 unspecified atom stereocenters. The minimum atomic E-state index is -0.621. The average molecular weight is 270 g/mol. The van der Waals surface area contributed by atoms with Gasteiger partial charge in [0.2, 0.25) is 0 Å². The number of halogens is 1. The zero-order valence-electron chi connectivity index (χ0n) is 9.63. The van der Waals surface area contributed by atoms with Crippen LogP contribution in [0.5, 0.6) is 0 Å². The van der Waals surface area contributed by atoms with Gasteiger partial charge < -0.3 is 0 Å². The second-order valence-electron chi connectivity index (χ2n) is 3.96. The SMILES string of the molecule is N#Cc1ccc(-n2sc3ccccc3c2=O)cc1F. The maximum Gasteiger partial charge on any atom is 0.273 e. The number of rotatable bonds is 1. The molecule has 3 rings (SSSR count). The van der Waals surface area contributed by atoms with Gasteiger partial charge in [0.15, 0.2) is 0 Å². The lowest BCUT2D eigenvalue weighted by atomic mass is 10.2. The zero-order valence-corrected chi connectivity index (χ0v) is 10.4. The smallest absolute Gasteiger partial charge is 0.267 e. The summed E-state index contributed by atoms with van der Waals surface area (Å²) < 4.78 is 15.9. The van der Waals surface area contributed by atoms with Crippen LogP contribution in [0.4, 0.5) is 4.39 Å². The van der Waals surface area contributed by atoms with E-state index in [0.717, 1.165) is 4.70 Å². The van der Waals surface area contributed by atoms with Gasteiger partial charge in [0.1, 0.15) is 11.9 Å². The van der Waals surface area contributed by atoms with Gasteiger partial charge in [-0.2, -0.15) is 5.26 Å². The maximum atomic E-state index is 13.6. The number of hydrogen-bond acceptors (Lipinski definition) is 3. The molecule has 0 aliphatic rings. The van der Waals surface area contributed by atoms with Crippen LogP contribution in [0, 0.1) is 17.1 Å². The molecule has 3 aromatic rings. The summed E-state index contributed by atoms with van der Waals surface area (Å²) in [6.45, 7) is 0. The molecular weight excluding hydrogens is 263 g/mol. The van der Waals surface area contributed by atoms with Crippen molar-refractivity contribution < 1.29 is 4.39 Å². The third-order valence-corrected chi connectivity index (χ3v) is 3.91. The topological polar surface area (TPSA) is 45.8 Å². The maximum absolute atomic E-state index is 13.6. The van der Waals surface area contributed by atoms with E-state index in [9.17, 15) is 9.18 Å². The van der Waals surface area contributed by atoms with E-state index >= 15 is 0 Å². The molecule has 0 bridgehead atoms. The molecule has 92 valence electrons. The lowest BCUT2D eigenvalue weighted by Gasteiger charge is -2.00. The summed E-state index contributed by atoms with van der Waals surface area (Å²) in [4.78, 5) is 12.2. The molecule has 0 N–H and O–H groups in total. The molecule has 0 fully saturated rings. The Balaban J connectivity index is 2.25. The molecule has 5 heteroatoms. The Labute approximate surface area is 111 Å². The van der Waals surface area contributed by atoms with E-state index < -0.39 is 5.82 Å². The highest BCUT2D eigenvalue weighted by Crippen LogP contribution is 2.21. The largest absolute Gasteiger partial charge is 0.273 e. The van der Waals surface area contributed by atoms with Crippen molar-refractivity contribution in [1.82, 2.24) is 3.96 Å². The molecule has 0 radical (unpaired) electrons. The van der Waals surface area contributed by atoms with Crippen LogP contribution in [0.2, 0.25) is 0 Å². The van der Waals surface area contributed by atoms with Crippen molar-refractivity contribution in [1.29, 1.82) is 5.26 Å². The van der Waals surface area contributed by atoms with Crippen LogP contribution in [0.15, 0.2) is 47.3 Å². The number of nitrogens with zero attached hydrogens (tertiary/aromatic N) is 2. The monoisotopic (exact) mass is 270 g/mol. The second kappa shape index (κ2) is 4.34. The summed E-state index contributed by atoms with van der Waals surface area (Å²) in [5.41, 5.74) is 0.227.